The van der Waals surface area contributed by atoms with Crippen LogP contribution < -0.4 is 10.6 Å². The van der Waals surface area contributed by atoms with Crippen molar-refractivity contribution in [2.75, 3.05) is 20.1 Å². The summed E-state index contributed by atoms with van der Waals surface area (Å²) < 4.78 is 26.1. The standard InChI is InChI=1S/C13H18F2N2O/c1-13(2,7-16-3)8-17-12(18)10-5-4-9(14)6-11(10)15/h4-6,16H,7-8H2,1-3H3,(H,17,18). The Morgan fingerprint density at radius 1 is 1.28 bits per heavy atom. The summed E-state index contributed by atoms with van der Waals surface area (Å²) in [7, 11) is 1.82. The van der Waals surface area contributed by atoms with E-state index < -0.39 is 17.5 Å². The zero-order valence-corrected chi connectivity index (χ0v) is 10.8. The van der Waals surface area contributed by atoms with Gasteiger partial charge >= 0.3 is 0 Å². The molecule has 1 aromatic rings. The first kappa shape index (κ1) is 14.6. The van der Waals surface area contributed by atoms with E-state index in [2.05, 4.69) is 10.6 Å². The van der Waals surface area contributed by atoms with Crippen LogP contribution in [-0.4, -0.2) is 26.0 Å². The SMILES string of the molecule is CNCC(C)(C)CNC(=O)c1ccc(F)cc1F. The number of benzene rings is 1. The van der Waals surface area contributed by atoms with Crippen molar-refractivity contribution in [3.63, 3.8) is 0 Å². The zero-order valence-electron chi connectivity index (χ0n) is 10.8. The highest BCUT2D eigenvalue weighted by Gasteiger charge is 2.19. The number of carbonyl (C=O) groups excluding carboxylic acids is 1. The van der Waals surface area contributed by atoms with Crippen LogP contribution in [0.1, 0.15) is 24.2 Å². The maximum Gasteiger partial charge on any atom is 0.254 e. The number of hydrogen-bond acceptors (Lipinski definition) is 2. The molecule has 0 aromatic heterocycles. The molecule has 0 heterocycles. The van der Waals surface area contributed by atoms with Gasteiger partial charge in [-0.15, -0.1) is 0 Å². The zero-order chi connectivity index (χ0) is 13.8. The average Bonchev–Trinajstić information content (AvgIpc) is 2.26. The fourth-order valence-corrected chi connectivity index (χ4v) is 1.63. The number of amides is 1. The molecule has 2 N–H and O–H groups in total. The summed E-state index contributed by atoms with van der Waals surface area (Å²) >= 11 is 0. The number of rotatable bonds is 5. The molecule has 0 aliphatic heterocycles. The largest absolute Gasteiger partial charge is 0.351 e. The highest BCUT2D eigenvalue weighted by molar-refractivity contribution is 5.94. The molecule has 3 nitrogen and oxygen atoms in total. The molecule has 1 aromatic carbocycles. The van der Waals surface area contributed by atoms with Crippen molar-refractivity contribution in [3.8, 4) is 0 Å². The number of halogens is 2. The fourth-order valence-electron chi connectivity index (χ4n) is 1.63. The Kier molecular flexibility index (Phi) is 4.78. The summed E-state index contributed by atoms with van der Waals surface area (Å²) in [6.45, 7) is 5.08. The molecule has 0 saturated heterocycles. The van der Waals surface area contributed by atoms with Crippen molar-refractivity contribution in [3.05, 3.63) is 35.4 Å². The molecule has 0 aliphatic carbocycles. The van der Waals surface area contributed by atoms with Crippen molar-refractivity contribution in [1.29, 1.82) is 0 Å². The van der Waals surface area contributed by atoms with Gasteiger partial charge in [0.05, 0.1) is 5.56 Å². The molecule has 0 spiro atoms. The molecule has 0 bridgehead atoms. The number of carbonyl (C=O) groups is 1. The van der Waals surface area contributed by atoms with Crippen LogP contribution in [0.15, 0.2) is 18.2 Å². The van der Waals surface area contributed by atoms with Crippen LogP contribution in [0.3, 0.4) is 0 Å². The maximum atomic E-state index is 13.4. The third-order valence-corrected chi connectivity index (χ3v) is 2.56. The molecule has 5 heteroatoms. The Bertz CT molecular complexity index is 433. The lowest BCUT2D eigenvalue weighted by Crippen LogP contribution is -2.39. The molecule has 1 amide bonds. The topological polar surface area (TPSA) is 41.1 Å². The third kappa shape index (κ3) is 4.07. The quantitative estimate of drug-likeness (QED) is 0.845. The molecule has 0 saturated carbocycles. The second-order valence-corrected chi connectivity index (χ2v) is 5.00. The molecule has 1 rings (SSSR count). The molecule has 18 heavy (non-hydrogen) atoms. The summed E-state index contributed by atoms with van der Waals surface area (Å²) in [5.41, 5.74) is -0.280. The minimum atomic E-state index is -0.848. The Morgan fingerprint density at radius 2 is 1.94 bits per heavy atom. The average molecular weight is 256 g/mol. The molecular weight excluding hydrogens is 238 g/mol. The predicted octanol–water partition coefficient (Wildman–Crippen LogP) is 1.94. The second kappa shape index (κ2) is 5.91. The summed E-state index contributed by atoms with van der Waals surface area (Å²) in [5, 5.41) is 5.66. The smallest absolute Gasteiger partial charge is 0.254 e. The fraction of sp³-hybridized carbons (Fsp3) is 0.462. The normalized spacial score (nSPS) is 11.4. The van der Waals surface area contributed by atoms with Crippen LogP contribution in [0.4, 0.5) is 8.78 Å². The number of hydrogen-bond donors (Lipinski definition) is 2. The first-order valence-electron chi connectivity index (χ1n) is 5.73. The van der Waals surface area contributed by atoms with Gasteiger partial charge in [0.2, 0.25) is 0 Å². The highest BCUT2D eigenvalue weighted by atomic mass is 19.1. The van der Waals surface area contributed by atoms with Gasteiger partial charge in [-0.3, -0.25) is 4.79 Å². The lowest BCUT2D eigenvalue weighted by molar-refractivity contribution is 0.0932. The molecule has 0 aliphatic rings. The number of nitrogens with one attached hydrogen (secondary N) is 2. The Morgan fingerprint density at radius 3 is 2.50 bits per heavy atom. The van der Waals surface area contributed by atoms with Gasteiger partial charge in [0.1, 0.15) is 11.6 Å². The first-order valence-corrected chi connectivity index (χ1v) is 5.73. The molecule has 100 valence electrons. The van der Waals surface area contributed by atoms with Gasteiger partial charge in [-0.25, -0.2) is 8.78 Å². The Labute approximate surface area is 106 Å². The molecule has 0 radical (unpaired) electrons. The van der Waals surface area contributed by atoms with Crippen LogP contribution in [0, 0.1) is 17.0 Å². The molecular formula is C13H18F2N2O. The van der Waals surface area contributed by atoms with E-state index in [0.717, 1.165) is 18.7 Å². The monoisotopic (exact) mass is 256 g/mol. The maximum absolute atomic E-state index is 13.4. The van der Waals surface area contributed by atoms with Gasteiger partial charge < -0.3 is 10.6 Å². The molecule has 0 atom stereocenters. The van der Waals surface area contributed by atoms with Crippen LogP contribution in [-0.2, 0) is 0 Å². The first-order chi connectivity index (χ1) is 8.35. The Hall–Kier alpha value is -1.49. The van der Waals surface area contributed by atoms with E-state index in [9.17, 15) is 13.6 Å². The van der Waals surface area contributed by atoms with Gasteiger partial charge in [0.15, 0.2) is 0 Å². The lowest BCUT2D eigenvalue weighted by Gasteiger charge is -2.24. The highest BCUT2D eigenvalue weighted by Crippen LogP contribution is 2.13. The van der Waals surface area contributed by atoms with Crippen LogP contribution in [0.25, 0.3) is 0 Å². The summed E-state index contributed by atoms with van der Waals surface area (Å²) in [5.74, 6) is -2.07. The van der Waals surface area contributed by atoms with Gasteiger partial charge in [0.25, 0.3) is 5.91 Å². The van der Waals surface area contributed by atoms with E-state index in [1.807, 2.05) is 20.9 Å². The van der Waals surface area contributed by atoms with E-state index in [1.54, 1.807) is 0 Å². The van der Waals surface area contributed by atoms with Crippen LogP contribution >= 0.6 is 0 Å². The minimum absolute atomic E-state index is 0.138. The van der Waals surface area contributed by atoms with Crippen molar-refractivity contribution in [2.24, 2.45) is 5.41 Å². The van der Waals surface area contributed by atoms with Crippen molar-refractivity contribution in [2.45, 2.75) is 13.8 Å². The van der Waals surface area contributed by atoms with Crippen molar-refractivity contribution in [1.82, 2.24) is 10.6 Å². The predicted molar refractivity (Wildman–Crippen MR) is 66.4 cm³/mol. The summed E-state index contributed by atoms with van der Waals surface area (Å²) in [6, 6.07) is 2.91. The van der Waals surface area contributed by atoms with Crippen LogP contribution in [0.5, 0.6) is 0 Å². The van der Waals surface area contributed by atoms with Gasteiger partial charge in [0, 0.05) is 19.2 Å². The van der Waals surface area contributed by atoms with E-state index >= 15 is 0 Å². The van der Waals surface area contributed by atoms with E-state index in [0.29, 0.717) is 12.6 Å². The van der Waals surface area contributed by atoms with Crippen molar-refractivity contribution < 1.29 is 13.6 Å². The van der Waals surface area contributed by atoms with Crippen LogP contribution in [0.2, 0.25) is 0 Å². The summed E-state index contributed by atoms with van der Waals surface area (Å²) in [4.78, 5) is 11.7. The minimum Gasteiger partial charge on any atom is -0.351 e. The van der Waals surface area contributed by atoms with Gasteiger partial charge in [-0.2, -0.15) is 0 Å². The third-order valence-electron chi connectivity index (χ3n) is 2.56. The summed E-state index contributed by atoms with van der Waals surface area (Å²) in [6.07, 6.45) is 0. The van der Waals surface area contributed by atoms with E-state index in [1.165, 1.54) is 0 Å². The van der Waals surface area contributed by atoms with Crippen molar-refractivity contribution >= 4 is 5.91 Å². The molecule has 0 fully saturated rings. The van der Waals surface area contributed by atoms with Gasteiger partial charge in [-0.1, -0.05) is 13.8 Å². The Balaban J connectivity index is 2.66. The second-order valence-electron chi connectivity index (χ2n) is 5.00. The van der Waals surface area contributed by atoms with E-state index in [-0.39, 0.29) is 11.0 Å². The van der Waals surface area contributed by atoms with Gasteiger partial charge in [-0.05, 0) is 24.6 Å². The molecule has 0 unspecified atom stereocenters. The van der Waals surface area contributed by atoms with E-state index in [4.69, 9.17) is 0 Å². The lowest BCUT2D eigenvalue weighted by atomic mass is 9.93.